The van der Waals surface area contributed by atoms with E-state index in [1.54, 1.807) is 32.9 Å². The Labute approximate surface area is 185 Å². The van der Waals surface area contributed by atoms with E-state index in [9.17, 15) is 18.4 Å². The minimum atomic E-state index is -0.903. The number of nitrogens with zero attached hydrogens (tertiary/aromatic N) is 1. The summed E-state index contributed by atoms with van der Waals surface area (Å²) in [5, 5.41) is 5.75. The molecule has 0 saturated carbocycles. The summed E-state index contributed by atoms with van der Waals surface area (Å²) in [6.07, 6.45) is -1.38. The third kappa shape index (κ3) is 8.38. The van der Waals surface area contributed by atoms with Crippen molar-refractivity contribution in [1.29, 1.82) is 0 Å². The number of carbonyl (C=O) groups excluding carboxylic acids is 2. The lowest BCUT2D eigenvalue weighted by Gasteiger charge is -2.22. The fourth-order valence-corrected chi connectivity index (χ4v) is 2.65. The topological polar surface area (TPSA) is 106 Å². The van der Waals surface area contributed by atoms with Gasteiger partial charge in [0, 0.05) is 13.1 Å². The summed E-state index contributed by atoms with van der Waals surface area (Å²) in [5.74, 6) is 3.94. The molecule has 8 nitrogen and oxygen atoms in total. The Morgan fingerprint density at radius 3 is 2.22 bits per heavy atom. The maximum absolute atomic E-state index is 14.4. The van der Waals surface area contributed by atoms with Crippen molar-refractivity contribution in [2.75, 3.05) is 18.1 Å². The highest BCUT2D eigenvalue weighted by molar-refractivity contribution is 5.68. The minimum absolute atomic E-state index is 0.0147. The Hall–Kier alpha value is -3.40. The molecule has 32 heavy (non-hydrogen) atoms. The molecule has 2 aromatic carbocycles. The van der Waals surface area contributed by atoms with Crippen LogP contribution in [0, 0.1) is 11.6 Å². The van der Waals surface area contributed by atoms with Gasteiger partial charge in [0.15, 0.2) is 11.6 Å². The number of hydrazine groups is 1. The highest BCUT2D eigenvalue weighted by Gasteiger charge is 2.18. The van der Waals surface area contributed by atoms with E-state index in [0.29, 0.717) is 0 Å². The largest absolute Gasteiger partial charge is 0.445 e. The lowest BCUT2D eigenvalue weighted by molar-refractivity contribution is 0.0529. The van der Waals surface area contributed by atoms with Gasteiger partial charge in [-0.3, -0.25) is 0 Å². The number of nitrogens with two attached hydrogens (primary N) is 1. The van der Waals surface area contributed by atoms with Gasteiger partial charge in [0.2, 0.25) is 0 Å². The Balaban J connectivity index is 1.84. The van der Waals surface area contributed by atoms with E-state index < -0.39 is 35.1 Å². The van der Waals surface area contributed by atoms with E-state index in [1.165, 1.54) is 0 Å². The zero-order valence-electron chi connectivity index (χ0n) is 18.3. The normalized spacial score (nSPS) is 10.9. The van der Waals surface area contributed by atoms with Crippen LogP contribution in [0.4, 0.5) is 24.1 Å². The molecule has 2 rings (SSSR count). The molecular formula is C22H28F2N4O4. The number of nitrogens with one attached hydrogen (secondary N) is 2. The second-order valence-electron chi connectivity index (χ2n) is 7.95. The molecule has 0 aliphatic heterocycles. The highest BCUT2D eigenvalue weighted by atomic mass is 19.1. The third-order valence-electron chi connectivity index (χ3n) is 4.03. The van der Waals surface area contributed by atoms with Crippen molar-refractivity contribution < 1.29 is 27.8 Å². The monoisotopic (exact) mass is 450 g/mol. The van der Waals surface area contributed by atoms with E-state index in [0.717, 1.165) is 22.7 Å². The third-order valence-corrected chi connectivity index (χ3v) is 4.03. The van der Waals surface area contributed by atoms with Crippen LogP contribution in [0.25, 0.3) is 0 Å². The fourth-order valence-electron chi connectivity index (χ4n) is 2.65. The van der Waals surface area contributed by atoms with Crippen molar-refractivity contribution in [3.63, 3.8) is 0 Å². The molecule has 0 aromatic heterocycles. The summed E-state index contributed by atoms with van der Waals surface area (Å²) in [4.78, 5) is 23.4. The van der Waals surface area contributed by atoms with E-state index in [2.05, 4.69) is 10.6 Å². The van der Waals surface area contributed by atoms with Crippen molar-refractivity contribution >= 4 is 17.9 Å². The molecule has 4 N–H and O–H groups in total. The molecule has 2 amide bonds. The standard InChI is InChI=1S/C22H28F2N4O4/c1-22(2,3)32-21(30)26-9-10-28(25)19-17(23)11-16(12-18(19)24)13-27-20(29)31-14-15-7-5-4-6-8-15/h4-8,11-12H,9-10,13-14,25H2,1-3H3,(H,26,30)(H,27,29). The quantitative estimate of drug-likeness (QED) is 0.419. The molecule has 2 aromatic rings. The first-order valence-electron chi connectivity index (χ1n) is 9.96. The number of anilines is 1. The smallest absolute Gasteiger partial charge is 0.407 e. The van der Waals surface area contributed by atoms with Crippen LogP contribution in [0.2, 0.25) is 0 Å². The molecule has 0 bridgehead atoms. The molecule has 0 aliphatic carbocycles. The lowest BCUT2D eigenvalue weighted by atomic mass is 10.1. The van der Waals surface area contributed by atoms with E-state index >= 15 is 0 Å². The summed E-state index contributed by atoms with van der Waals surface area (Å²) >= 11 is 0. The molecular weight excluding hydrogens is 422 g/mol. The van der Waals surface area contributed by atoms with E-state index in [1.807, 2.05) is 18.2 Å². The van der Waals surface area contributed by atoms with Crippen LogP contribution in [0.1, 0.15) is 31.9 Å². The molecule has 0 spiro atoms. The number of amides is 2. The number of alkyl carbamates (subject to hydrolysis) is 2. The van der Waals surface area contributed by atoms with Gasteiger partial charge in [-0.25, -0.2) is 24.2 Å². The van der Waals surface area contributed by atoms with Gasteiger partial charge >= 0.3 is 12.2 Å². The van der Waals surface area contributed by atoms with Gasteiger partial charge in [0.05, 0.1) is 6.54 Å². The van der Waals surface area contributed by atoms with Gasteiger partial charge in [-0.05, 0) is 44.0 Å². The number of benzene rings is 2. The molecule has 0 aliphatic rings. The van der Waals surface area contributed by atoms with Gasteiger partial charge in [0.25, 0.3) is 0 Å². The zero-order chi connectivity index (χ0) is 23.7. The average molecular weight is 450 g/mol. The summed E-state index contributed by atoms with van der Waals surface area (Å²) in [6.45, 7) is 5.04. The van der Waals surface area contributed by atoms with Crippen LogP contribution in [0.5, 0.6) is 0 Å². The van der Waals surface area contributed by atoms with Crippen LogP contribution in [-0.4, -0.2) is 30.9 Å². The Bertz CT molecular complexity index is 897. The molecule has 174 valence electrons. The molecule has 0 unspecified atom stereocenters. The van der Waals surface area contributed by atoms with Crippen LogP contribution in [-0.2, 0) is 22.6 Å². The number of rotatable bonds is 8. The second-order valence-corrected chi connectivity index (χ2v) is 7.95. The predicted octanol–water partition coefficient (Wildman–Crippen LogP) is 3.60. The SMILES string of the molecule is CC(C)(C)OC(=O)NCCN(N)c1c(F)cc(CNC(=O)OCc2ccccc2)cc1F. The number of ether oxygens (including phenoxy) is 2. The Kier molecular flexibility index (Phi) is 8.77. The van der Waals surface area contributed by atoms with Crippen LogP contribution in [0.3, 0.4) is 0 Å². The van der Waals surface area contributed by atoms with Gasteiger partial charge in [-0.1, -0.05) is 30.3 Å². The first kappa shape index (κ1) is 24.9. The maximum atomic E-state index is 14.4. The Morgan fingerprint density at radius 2 is 1.62 bits per heavy atom. The number of hydrogen-bond acceptors (Lipinski definition) is 6. The number of carbonyl (C=O) groups is 2. The van der Waals surface area contributed by atoms with Crippen molar-refractivity contribution in [2.24, 2.45) is 5.84 Å². The lowest BCUT2D eigenvalue weighted by Crippen LogP contribution is -2.41. The van der Waals surface area contributed by atoms with Crippen molar-refractivity contribution in [3.8, 4) is 0 Å². The first-order chi connectivity index (χ1) is 15.0. The fraction of sp³-hybridized carbons (Fsp3) is 0.364. The molecule has 0 atom stereocenters. The maximum Gasteiger partial charge on any atom is 0.407 e. The van der Waals surface area contributed by atoms with Crippen molar-refractivity contribution in [1.82, 2.24) is 10.6 Å². The van der Waals surface area contributed by atoms with Crippen molar-refractivity contribution in [2.45, 2.75) is 39.5 Å². The summed E-state index contributed by atoms with van der Waals surface area (Å²) in [6, 6.07) is 11.2. The van der Waals surface area contributed by atoms with Gasteiger partial charge in [-0.15, -0.1) is 0 Å². The molecule has 0 radical (unpaired) electrons. The van der Waals surface area contributed by atoms with E-state index in [4.69, 9.17) is 15.3 Å². The molecule has 0 saturated heterocycles. The van der Waals surface area contributed by atoms with Crippen LogP contribution in [0.15, 0.2) is 42.5 Å². The van der Waals surface area contributed by atoms with Crippen LogP contribution < -0.4 is 21.5 Å². The summed E-state index contributed by atoms with van der Waals surface area (Å²) in [7, 11) is 0. The highest BCUT2D eigenvalue weighted by Crippen LogP contribution is 2.23. The molecule has 0 heterocycles. The molecule has 10 heteroatoms. The first-order valence-corrected chi connectivity index (χ1v) is 9.96. The summed E-state index contributed by atoms with van der Waals surface area (Å²) < 4.78 is 39.0. The van der Waals surface area contributed by atoms with Gasteiger partial charge in [0.1, 0.15) is 17.9 Å². The second kappa shape index (κ2) is 11.3. The number of halogens is 2. The predicted molar refractivity (Wildman–Crippen MR) is 116 cm³/mol. The number of hydrogen-bond donors (Lipinski definition) is 3. The van der Waals surface area contributed by atoms with Crippen molar-refractivity contribution in [3.05, 3.63) is 65.2 Å². The van der Waals surface area contributed by atoms with E-state index in [-0.39, 0.29) is 31.8 Å². The Morgan fingerprint density at radius 1 is 1.00 bits per heavy atom. The van der Waals surface area contributed by atoms with Gasteiger partial charge < -0.3 is 25.1 Å². The molecule has 0 fully saturated rings. The average Bonchev–Trinajstić information content (AvgIpc) is 2.69. The van der Waals surface area contributed by atoms with Crippen LogP contribution >= 0.6 is 0 Å². The zero-order valence-corrected chi connectivity index (χ0v) is 18.3. The summed E-state index contributed by atoms with van der Waals surface area (Å²) in [5.41, 5.74) is -0.108. The minimum Gasteiger partial charge on any atom is -0.445 e. The van der Waals surface area contributed by atoms with Gasteiger partial charge in [-0.2, -0.15) is 0 Å².